The van der Waals surface area contributed by atoms with Crippen molar-refractivity contribution in [2.24, 2.45) is 7.05 Å². The number of benzene rings is 2. The average Bonchev–Trinajstić information content (AvgIpc) is 3.36. The number of methoxy groups -OCH3 is 1. The number of rotatable bonds is 6. The molecule has 1 aliphatic rings. The molecule has 1 aromatic heterocycles. The lowest BCUT2D eigenvalue weighted by atomic mass is 10.1. The van der Waals surface area contributed by atoms with Crippen LogP contribution in [-0.2, 0) is 18.3 Å². The highest BCUT2D eigenvalue weighted by molar-refractivity contribution is 6.01. The van der Waals surface area contributed by atoms with Gasteiger partial charge in [0.25, 0.3) is 11.8 Å². The molecule has 0 atom stereocenters. The fraction of sp³-hybridized carbons (Fsp3) is 0.238. The van der Waals surface area contributed by atoms with Gasteiger partial charge in [-0.15, -0.1) is 10.2 Å². The molecule has 0 saturated heterocycles. The monoisotopic (exact) mass is 420 g/mol. The van der Waals surface area contributed by atoms with Gasteiger partial charge in [0, 0.05) is 36.3 Å². The highest BCUT2D eigenvalue weighted by Crippen LogP contribution is 2.24. The first kappa shape index (κ1) is 20.2. The fourth-order valence-corrected chi connectivity index (χ4v) is 3.39. The number of ether oxygens (including phenoxy) is 1. The molecule has 2 aromatic carbocycles. The summed E-state index contributed by atoms with van der Waals surface area (Å²) in [6, 6.07) is 11.9. The highest BCUT2D eigenvalue weighted by atomic mass is 16.5. The van der Waals surface area contributed by atoms with Crippen molar-refractivity contribution in [3.05, 3.63) is 64.7 Å². The summed E-state index contributed by atoms with van der Waals surface area (Å²) in [5.41, 5.74) is 2.81. The van der Waals surface area contributed by atoms with Crippen molar-refractivity contribution < 1.29 is 19.1 Å². The van der Waals surface area contributed by atoms with Crippen molar-refractivity contribution in [3.8, 4) is 11.4 Å². The van der Waals surface area contributed by atoms with Crippen molar-refractivity contribution in [3.63, 3.8) is 0 Å². The molecule has 10 nitrogen and oxygen atoms in total. The maximum absolute atomic E-state index is 12.6. The quantitative estimate of drug-likeness (QED) is 0.592. The van der Waals surface area contributed by atoms with Gasteiger partial charge in [-0.3, -0.25) is 9.59 Å². The Bertz CT molecular complexity index is 1170. The summed E-state index contributed by atoms with van der Waals surface area (Å²) < 4.78 is 4.71. The number of nitrogens with zero attached hydrogens (tertiary/aromatic N) is 5. The van der Waals surface area contributed by atoms with Crippen LogP contribution < -0.4 is 5.32 Å². The largest absolute Gasteiger partial charge is 0.465 e. The molecule has 0 aliphatic carbocycles. The smallest absolute Gasteiger partial charge is 0.337 e. The maximum atomic E-state index is 12.6. The molecule has 2 amide bonds. The molecule has 0 bridgehead atoms. The number of nitrogens with one attached hydrogen (secondary N) is 1. The zero-order valence-corrected chi connectivity index (χ0v) is 17.0. The Labute approximate surface area is 177 Å². The van der Waals surface area contributed by atoms with Crippen molar-refractivity contribution in [2.75, 3.05) is 20.2 Å². The molecule has 0 spiro atoms. The predicted molar refractivity (Wildman–Crippen MR) is 109 cm³/mol. The van der Waals surface area contributed by atoms with E-state index >= 15 is 0 Å². The number of carbonyl (C=O) groups is 3. The van der Waals surface area contributed by atoms with Crippen LogP contribution >= 0.6 is 0 Å². The van der Waals surface area contributed by atoms with Crippen LogP contribution in [0.5, 0.6) is 0 Å². The van der Waals surface area contributed by atoms with Crippen LogP contribution in [0.3, 0.4) is 0 Å². The first-order chi connectivity index (χ1) is 15.0. The van der Waals surface area contributed by atoms with Crippen molar-refractivity contribution >= 4 is 17.8 Å². The second-order valence-electron chi connectivity index (χ2n) is 7.03. The van der Waals surface area contributed by atoms with Crippen LogP contribution in [0.2, 0.25) is 0 Å². The second-order valence-corrected chi connectivity index (χ2v) is 7.03. The summed E-state index contributed by atoms with van der Waals surface area (Å²) in [5, 5.41) is 14.7. The Balaban J connectivity index is 1.36. The Kier molecular flexibility index (Phi) is 5.44. The van der Waals surface area contributed by atoms with E-state index in [-0.39, 0.29) is 18.4 Å². The van der Waals surface area contributed by atoms with Gasteiger partial charge in [-0.05, 0) is 35.0 Å². The van der Waals surface area contributed by atoms with Gasteiger partial charge < -0.3 is 15.0 Å². The molecule has 0 fully saturated rings. The first-order valence-electron chi connectivity index (χ1n) is 9.59. The van der Waals surface area contributed by atoms with Crippen LogP contribution in [-0.4, -0.2) is 63.1 Å². The molecule has 158 valence electrons. The van der Waals surface area contributed by atoms with Crippen LogP contribution in [0.4, 0.5) is 0 Å². The van der Waals surface area contributed by atoms with Gasteiger partial charge in [0.2, 0.25) is 5.82 Å². The molecule has 4 rings (SSSR count). The molecule has 10 heteroatoms. The third-order valence-electron chi connectivity index (χ3n) is 4.97. The van der Waals surface area contributed by atoms with E-state index in [0.29, 0.717) is 41.2 Å². The molecule has 0 saturated carbocycles. The van der Waals surface area contributed by atoms with E-state index in [1.165, 1.54) is 11.9 Å². The topological polar surface area (TPSA) is 119 Å². The van der Waals surface area contributed by atoms with Crippen LogP contribution in [0.25, 0.3) is 11.4 Å². The van der Waals surface area contributed by atoms with E-state index < -0.39 is 5.97 Å². The maximum Gasteiger partial charge on any atom is 0.337 e. The Morgan fingerprint density at radius 3 is 2.74 bits per heavy atom. The summed E-state index contributed by atoms with van der Waals surface area (Å²) in [5.74, 6) is -0.488. The summed E-state index contributed by atoms with van der Waals surface area (Å²) in [7, 11) is 2.97. The second kappa shape index (κ2) is 8.34. The number of esters is 1. The van der Waals surface area contributed by atoms with Gasteiger partial charge >= 0.3 is 5.97 Å². The fourth-order valence-electron chi connectivity index (χ4n) is 3.39. The van der Waals surface area contributed by atoms with E-state index in [1.54, 1.807) is 54.4 Å². The molecular formula is C21H20N6O4. The number of aromatic nitrogens is 4. The third-order valence-corrected chi connectivity index (χ3v) is 4.97. The molecule has 0 radical (unpaired) electrons. The number of fused-ring (bicyclic) bond motifs is 1. The van der Waals surface area contributed by atoms with E-state index in [2.05, 4.69) is 20.7 Å². The Morgan fingerprint density at radius 2 is 2.00 bits per heavy atom. The highest BCUT2D eigenvalue weighted by Gasteiger charge is 2.28. The summed E-state index contributed by atoms with van der Waals surface area (Å²) in [4.78, 5) is 39.9. The number of carbonyl (C=O) groups excluding carboxylic acids is 3. The van der Waals surface area contributed by atoms with E-state index in [9.17, 15) is 14.4 Å². The van der Waals surface area contributed by atoms with Gasteiger partial charge in [0.1, 0.15) is 0 Å². The standard InChI is InChI=1S/C21H20N6O4/c1-26-24-18(23-25-26)13-4-3-5-14(10-13)19(28)22-8-9-27-12-16-7-6-15(21(30)31-2)11-17(16)20(27)29/h3-7,10-11H,8-9,12H2,1-2H3,(H,22,28). The van der Waals surface area contributed by atoms with E-state index in [0.717, 1.165) is 5.56 Å². The lowest BCUT2D eigenvalue weighted by molar-refractivity contribution is 0.0600. The van der Waals surface area contributed by atoms with Crippen LogP contribution in [0, 0.1) is 0 Å². The summed E-state index contributed by atoms with van der Waals surface area (Å²) in [6.45, 7) is 1.06. The van der Waals surface area contributed by atoms with Gasteiger partial charge in [0.05, 0.1) is 19.7 Å². The number of hydrogen-bond donors (Lipinski definition) is 1. The minimum atomic E-state index is -0.486. The van der Waals surface area contributed by atoms with Gasteiger partial charge in [-0.25, -0.2) is 4.79 Å². The first-order valence-corrected chi connectivity index (χ1v) is 9.59. The normalized spacial score (nSPS) is 12.6. The Morgan fingerprint density at radius 1 is 1.16 bits per heavy atom. The van der Waals surface area contributed by atoms with Crippen molar-refractivity contribution in [1.82, 2.24) is 30.4 Å². The number of hydrogen-bond acceptors (Lipinski definition) is 7. The van der Waals surface area contributed by atoms with E-state index in [1.807, 2.05) is 0 Å². The van der Waals surface area contributed by atoms with Gasteiger partial charge in [-0.2, -0.15) is 4.80 Å². The van der Waals surface area contributed by atoms with Crippen LogP contribution in [0.15, 0.2) is 42.5 Å². The number of aryl methyl sites for hydroxylation is 1. The van der Waals surface area contributed by atoms with Crippen LogP contribution in [0.1, 0.15) is 36.6 Å². The Hall–Kier alpha value is -4.08. The average molecular weight is 420 g/mol. The predicted octanol–water partition coefficient (Wildman–Crippen LogP) is 1.05. The molecule has 1 N–H and O–H groups in total. The summed E-state index contributed by atoms with van der Waals surface area (Å²) in [6.07, 6.45) is 0. The zero-order chi connectivity index (χ0) is 22.0. The minimum Gasteiger partial charge on any atom is -0.465 e. The molecule has 31 heavy (non-hydrogen) atoms. The van der Waals surface area contributed by atoms with Crippen molar-refractivity contribution in [1.29, 1.82) is 0 Å². The molecular weight excluding hydrogens is 400 g/mol. The molecule has 2 heterocycles. The van der Waals surface area contributed by atoms with Gasteiger partial charge in [0.15, 0.2) is 0 Å². The third kappa shape index (κ3) is 4.13. The minimum absolute atomic E-state index is 0.175. The SMILES string of the molecule is COC(=O)c1ccc2c(c1)C(=O)N(CCNC(=O)c1cccc(-c3nnn(C)n3)c1)C2. The molecule has 0 unspecified atom stereocenters. The lowest BCUT2D eigenvalue weighted by Crippen LogP contribution is -2.35. The van der Waals surface area contributed by atoms with Crippen molar-refractivity contribution in [2.45, 2.75) is 6.54 Å². The molecule has 1 aliphatic heterocycles. The molecule has 3 aromatic rings. The number of tetrazole rings is 1. The summed E-state index contributed by atoms with van der Waals surface area (Å²) >= 11 is 0. The number of amides is 2. The lowest BCUT2D eigenvalue weighted by Gasteiger charge is -2.16. The van der Waals surface area contributed by atoms with E-state index in [4.69, 9.17) is 4.74 Å². The van der Waals surface area contributed by atoms with Gasteiger partial charge in [-0.1, -0.05) is 18.2 Å². The zero-order valence-electron chi connectivity index (χ0n) is 17.0.